The van der Waals surface area contributed by atoms with E-state index in [1.165, 1.54) is 12.1 Å². The van der Waals surface area contributed by atoms with Gasteiger partial charge in [0.15, 0.2) is 17.8 Å². The molecule has 4 N–H and O–H groups in total. The minimum Gasteiger partial charge on any atom is -0.507 e. The number of aromatic hydroxyl groups is 1. The summed E-state index contributed by atoms with van der Waals surface area (Å²) in [5.74, 6) is 0.609. The average Bonchev–Trinajstić information content (AvgIpc) is 3.39. The summed E-state index contributed by atoms with van der Waals surface area (Å²) >= 11 is 0. The van der Waals surface area contributed by atoms with Crippen molar-refractivity contribution in [2.24, 2.45) is 0 Å². The van der Waals surface area contributed by atoms with E-state index in [-0.39, 0.29) is 23.6 Å². The molecular formula is C32H25N7O3. The van der Waals surface area contributed by atoms with Crippen LogP contribution in [0.3, 0.4) is 0 Å². The number of imidazole rings is 1. The number of phenols is 1. The highest BCUT2D eigenvalue weighted by Crippen LogP contribution is 2.31. The van der Waals surface area contributed by atoms with Crippen LogP contribution in [-0.2, 0) is 17.8 Å². The lowest BCUT2D eigenvalue weighted by Gasteiger charge is -2.12. The van der Waals surface area contributed by atoms with E-state index in [1.807, 2.05) is 65.2 Å². The molecular weight excluding hydrogens is 530 g/mol. The maximum absolute atomic E-state index is 12.5. The first kappa shape index (κ1) is 26.3. The van der Waals surface area contributed by atoms with Crippen molar-refractivity contribution < 1.29 is 14.7 Å². The van der Waals surface area contributed by atoms with Gasteiger partial charge in [0, 0.05) is 36.4 Å². The number of amides is 1. The molecule has 6 aromatic rings. The minimum atomic E-state index is -0.209. The van der Waals surface area contributed by atoms with Crippen molar-refractivity contribution >= 4 is 29.2 Å². The first-order valence-corrected chi connectivity index (χ1v) is 13.1. The van der Waals surface area contributed by atoms with E-state index in [0.717, 1.165) is 22.5 Å². The van der Waals surface area contributed by atoms with E-state index >= 15 is 0 Å². The zero-order chi connectivity index (χ0) is 29.1. The number of hydrogen-bond donors (Lipinski definition) is 3. The van der Waals surface area contributed by atoms with E-state index in [0.29, 0.717) is 46.8 Å². The third kappa shape index (κ3) is 5.28. The van der Waals surface area contributed by atoms with Crippen molar-refractivity contribution in [1.82, 2.24) is 29.8 Å². The molecule has 206 valence electrons. The molecule has 42 heavy (non-hydrogen) atoms. The summed E-state index contributed by atoms with van der Waals surface area (Å²) in [6, 6.07) is 23.6. The fourth-order valence-corrected chi connectivity index (χ4v) is 4.67. The summed E-state index contributed by atoms with van der Waals surface area (Å²) in [6.45, 7) is 0.314. The molecule has 0 saturated carbocycles. The van der Waals surface area contributed by atoms with Crippen LogP contribution in [-0.4, -0.2) is 41.8 Å². The van der Waals surface area contributed by atoms with Crippen molar-refractivity contribution in [3.63, 3.8) is 0 Å². The zero-order valence-electron chi connectivity index (χ0n) is 22.3. The Morgan fingerprint density at radius 2 is 1.76 bits per heavy atom. The van der Waals surface area contributed by atoms with Gasteiger partial charge in [-0.15, -0.1) is 0 Å². The smallest absolute Gasteiger partial charge is 0.224 e. The molecule has 0 saturated heterocycles. The number of nitrogen functional groups attached to an aromatic ring is 1. The lowest BCUT2D eigenvalue weighted by molar-refractivity contribution is -0.120. The van der Waals surface area contributed by atoms with E-state index < -0.39 is 0 Å². The van der Waals surface area contributed by atoms with Crippen LogP contribution >= 0.6 is 0 Å². The molecule has 4 aromatic heterocycles. The number of nitrogens with two attached hydrogens (primary N) is 1. The molecule has 0 atom stereocenters. The normalized spacial score (nSPS) is 11.0. The first-order valence-electron chi connectivity index (χ1n) is 13.1. The number of carbonyl (C=O) groups is 2. The van der Waals surface area contributed by atoms with Crippen molar-refractivity contribution in [2.75, 3.05) is 5.73 Å². The molecule has 0 radical (unpaired) electrons. The average molecular weight is 556 g/mol. The quantitative estimate of drug-likeness (QED) is 0.232. The SMILES string of the molecule is Nc1ncccc1-c1nc2ccc(-c3cccnc3)nc2n1-c1ccc(CNC(=O)Cc2ccc(C=O)c(O)c2)cc1. The van der Waals surface area contributed by atoms with E-state index in [9.17, 15) is 14.7 Å². The summed E-state index contributed by atoms with van der Waals surface area (Å²) < 4.78 is 1.94. The van der Waals surface area contributed by atoms with Crippen LogP contribution in [0, 0.1) is 0 Å². The van der Waals surface area contributed by atoms with Gasteiger partial charge >= 0.3 is 0 Å². The van der Waals surface area contributed by atoms with Crippen LogP contribution in [0.4, 0.5) is 5.82 Å². The molecule has 0 spiro atoms. The fourth-order valence-electron chi connectivity index (χ4n) is 4.67. The van der Waals surface area contributed by atoms with Gasteiger partial charge in [-0.25, -0.2) is 15.0 Å². The maximum atomic E-state index is 12.5. The van der Waals surface area contributed by atoms with Gasteiger partial charge in [-0.05, 0) is 71.8 Å². The van der Waals surface area contributed by atoms with Gasteiger partial charge in [0.05, 0.1) is 23.2 Å². The van der Waals surface area contributed by atoms with Crippen LogP contribution in [0.25, 0.3) is 39.5 Å². The van der Waals surface area contributed by atoms with Crippen LogP contribution in [0.5, 0.6) is 5.75 Å². The topological polar surface area (TPSA) is 149 Å². The van der Waals surface area contributed by atoms with Gasteiger partial charge in [0.2, 0.25) is 5.91 Å². The highest BCUT2D eigenvalue weighted by molar-refractivity contribution is 5.85. The van der Waals surface area contributed by atoms with Crippen LogP contribution in [0.1, 0.15) is 21.5 Å². The number of hydrogen-bond acceptors (Lipinski definition) is 8. The second kappa shape index (κ2) is 11.3. The molecule has 2 aromatic carbocycles. The number of benzene rings is 2. The number of fused-ring (bicyclic) bond motifs is 1. The van der Waals surface area contributed by atoms with Crippen LogP contribution in [0.2, 0.25) is 0 Å². The lowest BCUT2D eigenvalue weighted by Crippen LogP contribution is -2.24. The third-order valence-corrected chi connectivity index (χ3v) is 6.81. The highest BCUT2D eigenvalue weighted by Gasteiger charge is 2.19. The molecule has 4 heterocycles. The number of rotatable bonds is 8. The maximum Gasteiger partial charge on any atom is 0.224 e. The van der Waals surface area contributed by atoms with E-state index in [2.05, 4.69) is 15.3 Å². The first-order chi connectivity index (χ1) is 20.5. The van der Waals surface area contributed by atoms with Gasteiger partial charge in [-0.3, -0.25) is 19.1 Å². The molecule has 6 rings (SSSR count). The number of nitrogens with zero attached hydrogens (tertiary/aromatic N) is 5. The summed E-state index contributed by atoms with van der Waals surface area (Å²) in [7, 11) is 0. The molecule has 0 aliphatic carbocycles. The Kier molecular flexibility index (Phi) is 7.08. The second-order valence-corrected chi connectivity index (χ2v) is 9.62. The Morgan fingerprint density at radius 3 is 2.50 bits per heavy atom. The van der Waals surface area contributed by atoms with E-state index in [1.54, 1.807) is 24.7 Å². The molecule has 1 amide bonds. The Balaban J connectivity index is 1.29. The molecule has 0 bridgehead atoms. The monoisotopic (exact) mass is 555 g/mol. The predicted octanol–water partition coefficient (Wildman–Crippen LogP) is 4.50. The molecule has 10 heteroatoms. The van der Waals surface area contributed by atoms with Crippen LogP contribution in [0.15, 0.2) is 97.5 Å². The Hall–Kier alpha value is -5.90. The lowest BCUT2D eigenvalue weighted by atomic mass is 10.1. The summed E-state index contributed by atoms with van der Waals surface area (Å²) in [4.78, 5) is 41.7. The minimum absolute atomic E-state index is 0.0760. The van der Waals surface area contributed by atoms with Gasteiger partial charge in [-0.2, -0.15) is 0 Å². The number of anilines is 1. The van der Waals surface area contributed by atoms with Crippen molar-refractivity contribution in [1.29, 1.82) is 0 Å². The predicted molar refractivity (Wildman–Crippen MR) is 159 cm³/mol. The number of aldehydes is 1. The summed E-state index contributed by atoms with van der Waals surface area (Å²) in [5.41, 5.74) is 12.4. The van der Waals surface area contributed by atoms with Crippen molar-refractivity contribution in [3.05, 3.63) is 114 Å². The zero-order valence-corrected chi connectivity index (χ0v) is 22.3. The Bertz CT molecular complexity index is 1920. The Morgan fingerprint density at radius 1 is 0.952 bits per heavy atom. The van der Waals surface area contributed by atoms with Crippen molar-refractivity contribution in [2.45, 2.75) is 13.0 Å². The van der Waals surface area contributed by atoms with E-state index in [4.69, 9.17) is 15.7 Å². The van der Waals surface area contributed by atoms with Gasteiger partial charge in [-0.1, -0.05) is 18.2 Å². The number of carbonyl (C=O) groups excluding carboxylic acids is 2. The van der Waals surface area contributed by atoms with Crippen LogP contribution < -0.4 is 11.1 Å². The molecule has 0 aliphatic heterocycles. The van der Waals surface area contributed by atoms with Gasteiger partial charge < -0.3 is 16.2 Å². The fraction of sp³-hybridized carbons (Fsp3) is 0.0625. The number of pyridine rings is 3. The molecule has 0 aliphatic rings. The van der Waals surface area contributed by atoms with Gasteiger partial charge in [0.1, 0.15) is 17.1 Å². The highest BCUT2D eigenvalue weighted by atomic mass is 16.3. The molecule has 0 unspecified atom stereocenters. The number of nitrogens with one attached hydrogen (secondary N) is 1. The van der Waals surface area contributed by atoms with Crippen molar-refractivity contribution in [3.8, 4) is 34.1 Å². The summed E-state index contributed by atoms with van der Waals surface area (Å²) in [6.07, 6.45) is 5.76. The number of aromatic nitrogens is 5. The standard InChI is InChI=1S/C32H25N7O3/c33-30-25(4-2-14-35-30)31-38-27-12-11-26(22-3-1-13-34-18-22)37-32(27)39(31)24-9-6-20(7-10-24)17-36-29(42)16-21-5-8-23(19-40)28(41)15-21/h1-15,18-19,41H,16-17H2,(H2,33,35)(H,36,42). The Labute approximate surface area is 240 Å². The molecule has 10 nitrogen and oxygen atoms in total. The summed E-state index contributed by atoms with van der Waals surface area (Å²) in [5, 5.41) is 12.8. The largest absolute Gasteiger partial charge is 0.507 e. The number of phenolic OH excluding ortho intramolecular Hbond substituents is 1. The molecule has 0 fully saturated rings. The van der Waals surface area contributed by atoms with Gasteiger partial charge in [0.25, 0.3) is 0 Å². The second-order valence-electron chi connectivity index (χ2n) is 9.62. The third-order valence-electron chi connectivity index (χ3n) is 6.81.